The van der Waals surface area contributed by atoms with E-state index < -0.39 is 59.8 Å². The smallest absolute Gasteiger partial charge is 0.397 e. The highest BCUT2D eigenvalue weighted by molar-refractivity contribution is 7.80. The Hall–Kier alpha value is -3.50. The molecular formula is C51H80O12S. The van der Waals surface area contributed by atoms with E-state index in [4.69, 9.17) is 23.5 Å². The number of rotatable bonds is 38. The van der Waals surface area contributed by atoms with Gasteiger partial charge in [-0.3, -0.25) is 9.35 Å². The van der Waals surface area contributed by atoms with Crippen LogP contribution in [0.1, 0.15) is 129 Å². The van der Waals surface area contributed by atoms with E-state index in [0.717, 1.165) is 103 Å². The summed E-state index contributed by atoms with van der Waals surface area (Å²) in [5.74, 6) is -0.537. The number of hydrogen-bond acceptors (Lipinski definition) is 11. The highest BCUT2D eigenvalue weighted by Gasteiger charge is 2.48. The van der Waals surface area contributed by atoms with E-state index in [1.807, 2.05) is 12.2 Å². The van der Waals surface area contributed by atoms with Crippen molar-refractivity contribution in [1.82, 2.24) is 0 Å². The maximum Gasteiger partial charge on any atom is 0.397 e. The topological polar surface area (TPSA) is 178 Å². The van der Waals surface area contributed by atoms with Crippen molar-refractivity contribution >= 4 is 16.4 Å². The van der Waals surface area contributed by atoms with E-state index in [0.29, 0.717) is 13.0 Å². The first kappa shape index (κ1) is 58.5. The van der Waals surface area contributed by atoms with Crippen LogP contribution in [0.15, 0.2) is 122 Å². The second kappa shape index (κ2) is 41.0. The minimum atomic E-state index is -5.08. The Kier molecular flexibility index (Phi) is 37.5. The predicted molar refractivity (Wildman–Crippen MR) is 257 cm³/mol. The number of ether oxygens (including phenoxy) is 4. The number of hydrogen-bond donors (Lipinski definition) is 4. The van der Waals surface area contributed by atoms with Gasteiger partial charge in [0.2, 0.25) is 0 Å². The van der Waals surface area contributed by atoms with Crippen LogP contribution < -0.4 is 0 Å². The molecule has 1 saturated heterocycles. The summed E-state index contributed by atoms with van der Waals surface area (Å²) in [4.78, 5) is 12.8. The molecule has 0 radical (unpaired) electrons. The van der Waals surface area contributed by atoms with E-state index in [1.54, 1.807) is 6.08 Å². The van der Waals surface area contributed by atoms with Crippen molar-refractivity contribution in [1.29, 1.82) is 0 Å². The zero-order valence-electron chi connectivity index (χ0n) is 38.5. The molecular weight excluding hydrogens is 837 g/mol. The van der Waals surface area contributed by atoms with Gasteiger partial charge in [0, 0.05) is 6.61 Å². The molecule has 4 N–H and O–H groups in total. The third-order valence-electron chi connectivity index (χ3n) is 9.61. The lowest BCUT2D eigenvalue weighted by Gasteiger charge is -2.41. The first-order chi connectivity index (χ1) is 31.1. The summed E-state index contributed by atoms with van der Waals surface area (Å²) in [6, 6.07) is 0. The molecule has 0 bridgehead atoms. The monoisotopic (exact) mass is 917 g/mol. The molecule has 6 unspecified atom stereocenters. The van der Waals surface area contributed by atoms with Gasteiger partial charge in [0.05, 0.1) is 26.2 Å². The molecule has 1 aliphatic rings. The SMILES string of the molecule is CC/C=C\C/C=C\C/C=C\C/C=C\C/C=C\CCCCCCCCOCC(COC1OC(CO)C(O)C(OS(=O)(=O)O)C1O)OC(=O)C/C=C\C/C=C\C/C=C\C/C=C\C/C=C\CC. The molecule has 6 atom stereocenters. The van der Waals surface area contributed by atoms with E-state index in [-0.39, 0.29) is 19.6 Å². The minimum absolute atomic E-state index is 0.00327. The zero-order chi connectivity index (χ0) is 46.8. The van der Waals surface area contributed by atoms with Crippen LogP contribution in [0.4, 0.5) is 0 Å². The van der Waals surface area contributed by atoms with Crippen LogP contribution in [0.25, 0.3) is 0 Å². The largest absolute Gasteiger partial charge is 0.457 e. The average molecular weight is 917 g/mol. The normalized spacial score (nSPS) is 20.9. The van der Waals surface area contributed by atoms with E-state index in [2.05, 4.69) is 121 Å². The van der Waals surface area contributed by atoms with Crippen LogP contribution in [-0.4, -0.2) is 97.5 Å². The lowest BCUT2D eigenvalue weighted by Crippen LogP contribution is -2.60. The van der Waals surface area contributed by atoms with Gasteiger partial charge in [-0.15, -0.1) is 0 Å². The van der Waals surface area contributed by atoms with Crippen LogP contribution in [0.3, 0.4) is 0 Å². The van der Waals surface area contributed by atoms with Crippen molar-refractivity contribution in [3.63, 3.8) is 0 Å². The fraction of sp³-hybridized carbons (Fsp3) is 0.588. The predicted octanol–water partition coefficient (Wildman–Crippen LogP) is 10.2. The Morgan fingerprint density at radius 1 is 0.594 bits per heavy atom. The molecule has 1 heterocycles. The Balaban J connectivity index is 2.47. The van der Waals surface area contributed by atoms with Crippen molar-refractivity contribution in [2.75, 3.05) is 26.4 Å². The fourth-order valence-electron chi connectivity index (χ4n) is 6.18. The molecule has 0 saturated carbocycles. The second-order valence-electron chi connectivity index (χ2n) is 15.2. The van der Waals surface area contributed by atoms with E-state index >= 15 is 0 Å². The van der Waals surface area contributed by atoms with Gasteiger partial charge in [0.15, 0.2) is 6.29 Å². The Morgan fingerprint density at radius 2 is 1.03 bits per heavy atom. The number of allylic oxidation sites excluding steroid dienone is 19. The zero-order valence-corrected chi connectivity index (χ0v) is 39.3. The lowest BCUT2D eigenvalue weighted by molar-refractivity contribution is -0.301. The molecule has 1 aliphatic heterocycles. The third kappa shape index (κ3) is 33.9. The molecule has 0 amide bonds. The fourth-order valence-corrected chi connectivity index (χ4v) is 6.69. The van der Waals surface area contributed by atoms with Crippen molar-refractivity contribution in [3.8, 4) is 0 Å². The van der Waals surface area contributed by atoms with Crippen LogP contribution in [-0.2, 0) is 38.3 Å². The summed E-state index contributed by atoms with van der Waals surface area (Å²) in [6.45, 7) is 3.57. The second-order valence-corrected chi connectivity index (χ2v) is 16.3. The maximum atomic E-state index is 12.8. The van der Waals surface area contributed by atoms with E-state index in [1.165, 1.54) is 0 Å². The van der Waals surface area contributed by atoms with Gasteiger partial charge in [-0.25, -0.2) is 4.18 Å². The van der Waals surface area contributed by atoms with Crippen molar-refractivity contribution in [2.24, 2.45) is 0 Å². The van der Waals surface area contributed by atoms with Crippen molar-refractivity contribution in [3.05, 3.63) is 122 Å². The van der Waals surface area contributed by atoms with Gasteiger partial charge in [-0.1, -0.05) is 161 Å². The van der Waals surface area contributed by atoms with Crippen LogP contribution in [0.2, 0.25) is 0 Å². The van der Waals surface area contributed by atoms with Crippen LogP contribution in [0.5, 0.6) is 0 Å². The van der Waals surface area contributed by atoms with Crippen molar-refractivity contribution in [2.45, 2.75) is 166 Å². The van der Waals surface area contributed by atoms with Crippen LogP contribution in [0, 0.1) is 0 Å². The summed E-state index contributed by atoms with van der Waals surface area (Å²) >= 11 is 0. The molecule has 13 heteroatoms. The number of carbonyl (C=O) groups is 1. The van der Waals surface area contributed by atoms with Crippen LogP contribution >= 0.6 is 0 Å². The molecule has 1 fully saturated rings. The van der Waals surface area contributed by atoms with E-state index in [9.17, 15) is 28.5 Å². The van der Waals surface area contributed by atoms with Gasteiger partial charge >= 0.3 is 16.4 Å². The molecule has 1 rings (SSSR count). The average Bonchev–Trinajstić information content (AvgIpc) is 3.27. The molecule has 64 heavy (non-hydrogen) atoms. The quantitative estimate of drug-likeness (QED) is 0.0200. The highest BCUT2D eigenvalue weighted by Crippen LogP contribution is 2.26. The van der Waals surface area contributed by atoms with Gasteiger partial charge in [0.1, 0.15) is 30.5 Å². The third-order valence-corrected chi connectivity index (χ3v) is 10.1. The lowest BCUT2D eigenvalue weighted by atomic mass is 9.99. The highest BCUT2D eigenvalue weighted by atomic mass is 32.3. The summed E-state index contributed by atoms with van der Waals surface area (Å²) in [6.07, 6.45) is 49.7. The Morgan fingerprint density at radius 3 is 1.50 bits per heavy atom. The minimum Gasteiger partial charge on any atom is -0.457 e. The summed E-state index contributed by atoms with van der Waals surface area (Å²) in [7, 11) is -5.08. The molecule has 0 aromatic heterocycles. The first-order valence-electron chi connectivity index (χ1n) is 23.3. The summed E-state index contributed by atoms with van der Waals surface area (Å²) in [5.41, 5.74) is 0. The van der Waals surface area contributed by atoms with Gasteiger partial charge in [-0.05, 0) is 83.5 Å². The molecule has 0 aromatic rings. The number of esters is 1. The molecule has 0 aliphatic carbocycles. The van der Waals surface area contributed by atoms with Gasteiger partial charge < -0.3 is 34.3 Å². The number of unbranched alkanes of at least 4 members (excludes halogenated alkanes) is 6. The van der Waals surface area contributed by atoms with Gasteiger partial charge in [0.25, 0.3) is 0 Å². The Labute approximate surface area is 385 Å². The number of aliphatic hydroxyl groups excluding tert-OH is 3. The molecule has 12 nitrogen and oxygen atoms in total. The maximum absolute atomic E-state index is 12.8. The summed E-state index contributed by atoms with van der Waals surface area (Å²) in [5, 5.41) is 30.7. The van der Waals surface area contributed by atoms with Crippen molar-refractivity contribution < 1.29 is 56.2 Å². The standard InChI is InChI=1S/C51H80O12S/c1-3-5-7-9-11-13-15-17-19-20-21-22-23-24-25-27-29-31-33-35-37-39-41-59-43-45(44-60-51-49(55)50(63-64(56,57)58)48(54)46(42-52)62-51)61-47(53)40-38-36-34-32-30-28-26-18-16-14-12-10-8-6-4-2/h5-8,11-14,17-19,21-22,24-26,30,32,36,38,45-46,48-52,54-55H,3-4,9-10,15-16,20,23,27-29,31,33-35,37,39-44H2,1-2H3,(H,56,57,58)/b7-5-,8-6-,13-11-,14-12-,19-17-,22-21-,25-24-,26-18-,32-30-,38-36-. The molecule has 0 aromatic carbocycles. The molecule has 362 valence electrons. The number of aliphatic hydroxyl groups is 3. The van der Waals surface area contributed by atoms with Gasteiger partial charge in [-0.2, -0.15) is 8.42 Å². The summed E-state index contributed by atoms with van der Waals surface area (Å²) < 4.78 is 58.9. The molecule has 0 spiro atoms. The Bertz CT molecular complexity index is 1570. The first-order valence-corrected chi connectivity index (χ1v) is 24.7. The number of carbonyl (C=O) groups excluding carboxylic acids is 1.